The zero-order valence-electron chi connectivity index (χ0n) is 7.89. The van der Waals surface area contributed by atoms with Crippen molar-refractivity contribution >= 4 is 0 Å². The highest BCUT2D eigenvalue weighted by Crippen LogP contribution is 2.45. The van der Waals surface area contributed by atoms with E-state index in [0.29, 0.717) is 11.8 Å². The van der Waals surface area contributed by atoms with Gasteiger partial charge < -0.3 is 9.47 Å². The van der Waals surface area contributed by atoms with Gasteiger partial charge in [0.15, 0.2) is 5.79 Å². The highest BCUT2D eigenvalue weighted by atomic mass is 16.7. The molecule has 11 heavy (non-hydrogen) atoms. The largest absolute Gasteiger partial charge is 0.353 e. The van der Waals surface area contributed by atoms with Crippen LogP contribution in [-0.2, 0) is 9.47 Å². The van der Waals surface area contributed by atoms with Gasteiger partial charge in [0.25, 0.3) is 0 Å². The van der Waals surface area contributed by atoms with Crippen molar-refractivity contribution in [2.24, 2.45) is 11.8 Å². The molecular formula is C9H18O2. The lowest BCUT2D eigenvalue weighted by molar-refractivity contribution is -0.295. The summed E-state index contributed by atoms with van der Waals surface area (Å²) in [4.78, 5) is 0. The highest BCUT2D eigenvalue weighted by Gasteiger charge is 2.48. The third kappa shape index (κ3) is 1.30. The Bertz CT molecular complexity index is 122. The Morgan fingerprint density at radius 1 is 1.27 bits per heavy atom. The molecule has 1 aliphatic rings. The molecule has 0 saturated heterocycles. The molecule has 1 fully saturated rings. The minimum atomic E-state index is -0.256. The Labute approximate surface area is 68.9 Å². The van der Waals surface area contributed by atoms with Gasteiger partial charge in [-0.15, -0.1) is 0 Å². The number of hydrogen-bond acceptors (Lipinski definition) is 2. The van der Waals surface area contributed by atoms with Crippen LogP contribution in [0.3, 0.4) is 0 Å². The molecule has 0 radical (unpaired) electrons. The average Bonchev–Trinajstić information content (AvgIpc) is 1.87. The van der Waals surface area contributed by atoms with Gasteiger partial charge in [-0.1, -0.05) is 13.8 Å². The molecule has 1 saturated carbocycles. The molecule has 66 valence electrons. The first-order chi connectivity index (χ1) is 5.16. The van der Waals surface area contributed by atoms with Gasteiger partial charge in [-0.05, 0) is 12.3 Å². The first-order valence-electron chi connectivity index (χ1n) is 4.26. The van der Waals surface area contributed by atoms with E-state index >= 15 is 0 Å². The van der Waals surface area contributed by atoms with Crippen molar-refractivity contribution in [1.82, 2.24) is 0 Å². The number of ether oxygens (including phenoxy) is 2. The van der Waals surface area contributed by atoms with Crippen LogP contribution < -0.4 is 0 Å². The predicted molar refractivity (Wildman–Crippen MR) is 44.3 cm³/mol. The van der Waals surface area contributed by atoms with Crippen molar-refractivity contribution < 1.29 is 9.47 Å². The van der Waals surface area contributed by atoms with E-state index in [1.807, 2.05) is 0 Å². The maximum absolute atomic E-state index is 5.37. The maximum atomic E-state index is 5.37. The molecule has 0 amide bonds. The molecule has 0 aromatic carbocycles. The van der Waals surface area contributed by atoms with E-state index in [0.717, 1.165) is 6.42 Å². The molecule has 0 bridgehead atoms. The fourth-order valence-corrected chi connectivity index (χ4v) is 1.98. The lowest BCUT2D eigenvalue weighted by atomic mass is 9.71. The lowest BCUT2D eigenvalue weighted by Gasteiger charge is -2.49. The maximum Gasteiger partial charge on any atom is 0.170 e. The van der Waals surface area contributed by atoms with Crippen LogP contribution in [0.25, 0.3) is 0 Å². The monoisotopic (exact) mass is 158 g/mol. The van der Waals surface area contributed by atoms with Crippen molar-refractivity contribution in [3.05, 3.63) is 0 Å². The van der Waals surface area contributed by atoms with Crippen LogP contribution in [0, 0.1) is 11.8 Å². The van der Waals surface area contributed by atoms with Crippen LogP contribution >= 0.6 is 0 Å². The van der Waals surface area contributed by atoms with Crippen molar-refractivity contribution in [1.29, 1.82) is 0 Å². The average molecular weight is 158 g/mol. The third-order valence-electron chi connectivity index (χ3n) is 2.86. The lowest BCUT2D eigenvalue weighted by Crippen LogP contribution is -2.52. The second kappa shape index (κ2) is 3.11. The van der Waals surface area contributed by atoms with Gasteiger partial charge >= 0.3 is 0 Å². The summed E-state index contributed by atoms with van der Waals surface area (Å²) < 4.78 is 10.7. The second-order valence-electron chi connectivity index (χ2n) is 3.61. The Hall–Kier alpha value is -0.0800. The van der Waals surface area contributed by atoms with Gasteiger partial charge in [0.05, 0.1) is 0 Å². The fourth-order valence-electron chi connectivity index (χ4n) is 1.98. The normalized spacial score (nSPS) is 28.6. The minimum absolute atomic E-state index is 0.256. The van der Waals surface area contributed by atoms with Gasteiger partial charge in [0, 0.05) is 26.6 Å². The highest BCUT2D eigenvalue weighted by molar-refractivity contribution is 4.91. The van der Waals surface area contributed by atoms with Crippen molar-refractivity contribution in [3.8, 4) is 0 Å². The summed E-state index contributed by atoms with van der Waals surface area (Å²) in [5.41, 5.74) is 0. The number of methoxy groups -OCH3 is 2. The molecule has 2 heteroatoms. The molecule has 0 aromatic heterocycles. The smallest absolute Gasteiger partial charge is 0.170 e. The second-order valence-corrected chi connectivity index (χ2v) is 3.61. The van der Waals surface area contributed by atoms with Crippen LogP contribution in [0.4, 0.5) is 0 Å². The van der Waals surface area contributed by atoms with Crippen molar-refractivity contribution in [2.75, 3.05) is 14.2 Å². The Morgan fingerprint density at radius 3 is 1.91 bits per heavy atom. The summed E-state index contributed by atoms with van der Waals surface area (Å²) >= 11 is 0. The van der Waals surface area contributed by atoms with Crippen LogP contribution in [0.15, 0.2) is 0 Å². The topological polar surface area (TPSA) is 18.5 Å². The summed E-state index contributed by atoms with van der Waals surface area (Å²) in [6.45, 7) is 4.44. The Balaban J connectivity index is 2.56. The molecule has 0 aromatic rings. The van der Waals surface area contributed by atoms with Gasteiger partial charge in [-0.3, -0.25) is 0 Å². The summed E-state index contributed by atoms with van der Waals surface area (Å²) in [6.07, 6.45) is 2.28. The quantitative estimate of drug-likeness (QED) is 0.585. The van der Waals surface area contributed by atoms with E-state index in [2.05, 4.69) is 13.8 Å². The predicted octanol–water partition coefficient (Wildman–Crippen LogP) is 2.04. The van der Waals surface area contributed by atoms with Crippen LogP contribution in [0.2, 0.25) is 0 Å². The number of rotatable bonds is 3. The van der Waals surface area contributed by atoms with E-state index in [9.17, 15) is 0 Å². The van der Waals surface area contributed by atoms with Gasteiger partial charge in [0.2, 0.25) is 0 Å². The molecule has 0 aliphatic heterocycles. The standard InChI is InChI=1S/C9H18O2/c1-7(2)8-5-6-9(8,10-3)11-4/h7-8H,5-6H2,1-4H3. The van der Waals surface area contributed by atoms with E-state index in [1.165, 1.54) is 6.42 Å². The summed E-state index contributed by atoms with van der Waals surface area (Å²) in [5, 5.41) is 0. The molecule has 0 spiro atoms. The van der Waals surface area contributed by atoms with Crippen LogP contribution in [0.1, 0.15) is 26.7 Å². The molecule has 1 unspecified atom stereocenters. The van der Waals surface area contributed by atoms with Crippen molar-refractivity contribution in [3.63, 3.8) is 0 Å². The molecule has 1 rings (SSSR count). The summed E-state index contributed by atoms with van der Waals surface area (Å²) in [5.74, 6) is 0.981. The summed E-state index contributed by atoms with van der Waals surface area (Å²) in [6, 6.07) is 0. The SMILES string of the molecule is COC1(OC)CCC1C(C)C. The zero-order valence-corrected chi connectivity index (χ0v) is 7.89. The minimum Gasteiger partial charge on any atom is -0.353 e. The van der Waals surface area contributed by atoms with Gasteiger partial charge in [-0.2, -0.15) is 0 Å². The molecule has 1 aliphatic carbocycles. The Morgan fingerprint density at radius 2 is 1.82 bits per heavy atom. The first-order valence-corrected chi connectivity index (χ1v) is 4.26. The molecule has 0 heterocycles. The van der Waals surface area contributed by atoms with Gasteiger partial charge in [-0.25, -0.2) is 0 Å². The van der Waals surface area contributed by atoms with Gasteiger partial charge in [0.1, 0.15) is 0 Å². The number of hydrogen-bond donors (Lipinski definition) is 0. The van der Waals surface area contributed by atoms with Crippen molar-refractivity contribution in [2.45, 2.75) is 32.5 Å². The van der Waals surface area contributed by atoms with E-state index in [-0.39, 0.29) is 5.79 Å². The van der Waals surface area contributed by atoms with Crippen LogP contribution in [-0.4, -0.2) is 20.0 Å². The molecule has 2 nitrogen and oxygen atoms in total. The third-order valence-corrected chi connectivity index (χ3v) is 2.86. The summed E-state index contributed by atoms with van der Waals surface area (Å²) in [7, 11) is 3.47. The molecule has 0 N–H and O–H groups in total. The zero-order chi connectivity index (χ0) is 8.48. The Kier molecular flexibility index (Phi) is 2.55. The fraction of sp³-hybridized carbons (Fsp3) is 1.00. The van der Waals surface area contributed by atoms with Crippen LogP contribution in [0.5, 0.6) is 0 Å². The van der Waals surface area contributed by atoms with E-state index in [1.54, 1.807) is 14.2 Å². The first kappa shape index (κ1) is 9.01. The van der Waals surface area contributed by atoms with E-state index in [4.69, 9.17) is 9.47 Å². The molecule has 1 atom stereocenters. The molecular weight excluding hydrogens is 140 g/mol. The van der Waals surface area contributed by atoms with E-state index < -0.39 is 0 Å².